The van der Waals surface area contributed by atoms with E-state index in [-0.39, 0.29) is 49.0 Å². The largest absolute Gasteiger partial charge is 0.482 e. The number of anilines is 1. The van der Waals surface area contributed by atoms with E-state index in [0.717, 1.165) is 4.31 Å². The molecule has 2 aliphatic rings. The topological polar surface area (TPSA) is 133 Å². The Labute approximate surface area is 157 Å². The van der Waals surface area contributed by atoms with E-state index in [4.69, 9.17) is 4.74 Å². The molecule has 0 radical (unpaired) electrons. The number of hydrogen-bond donors (Lipinski definition) is 3. The van der Waals surface area contributed by atoms with Crippen LogP contribution >= 0.6 is 0 Å². The Kier molecular flexibility index (Phi) is 5.15. The van der Waals surface area contributed by atoms with Gasteiger partial charge in [-0.15, -0.1) is 0 Å². The zero-order chi connectivity index (χ0) is 19.8. The first-order valence-electron chi connectivity index (χ1n) is 8.69. The number of hydrogen-bond acceptors (Lipinski definition) is 6. The molecule has 0 unspecified atom stereocenters. The minimum atomic E-state index is -4.01. The van der Waals surface area contributed by atoms with E-state index in [1.807, 2.05) is 0 Å². The molecular formula is C17H22N2O7S. The van der Waals surface area contributed by atoms with Crippen molar-refractivity contribution in [1.82, 2.24) is 4.31 Å². The molecule has 3 N–H and O–H groups in total. The summed E-state index contributed by atoms with van der Waals surface area (Å²) in [6.07, 6.45) is -0.406. The highest BCUT2D eigenvalue weighted by Gasteiger charge is 2.51. The molecule has 0 spiro atoms. The van der Waals surface area contributed by atoms with Crippen LogP contribution in [0.5, 0.6) is 5.75 Å². The molecule has 10 heteroatoms. The highest BCUT2D eigenvalue weighted by molar-refractivity contribution is 7.89. The summed E-state index contributed by atoms with van der Waals surface area (Å²) in [5.74, 6) is -1.22. The number of aliphatic hydroxyl groups is 1. The Morgan fingerprint density at radius 1 is 1.44 bits per heavy atom. The molecule has 2 heterocycles. The smallest absolute Gasteiger partial charge is 0.313 e. The first kappa shape index (κ1) is 19.6. The van der Waals surface area contributed by atoms with E-state index in [1.54, 1.807) is 6.92 Å². The second kappa shape index (κ2) is 7.10. The van der Waals surface area contributed by atoms with E-state index < -0.39 is 27.5 Å². The molecule has 2 aliphatic heterocycles. The third kappa shape index (κ3) is 3.40. The Balaban J connectivity index is 1.94. The lowest BCUT2D eigenvalue weighted by Gasteiger charge is -2.42. The van der Waals surface area contributed by atoms with Gasteiger partial charge in [-0.1, -0.05) is 13.3 Å². The van der Waals surface area contributed by atoms with Crippen LogP contribution in [0.25, 0.3) is 0 Å². The van der Waals surface area contributed by atoms with Crippen molar-refractivity contribution < 1.29 is 33.0 Å². The summed E-state index contributed by atoms with van der Waals surface area (Å²) in [4.78, 5) is 23.3. The quantitative estimate of drug-likeness (QED) is 0.663. The van der Waals surface area contributed by atoms with Crippen molar-refractivity contribution in [3.05, 3.63) is 18.2 Å². The number of benzene rings is 1. The number of aliphatic hydroxyl groups excluding tert-OH is 1. The van der Waals surface area contributed by atoms with Gasteiger partial charge < -0.3 is 20.3 Å². The molecule has 0 aromatic heterocycles. The van der Waals surface area contributed by atoms with E-state index in [0.29, 0.717) is 12.2 Å². The fraction of sp³-hybridized carbons (Fsp3) is 0.529. The molecule has 1 aromatic rings. The molecule has 0 aliphatic carbocycles. The maximum Gasteiger partial charge on any atom is 0.313 e. The van der Waals surface area contributed by atoms with Crippen molar-refractivity contribution in [2.24, 2.45) is 5.41 Å². The second-order valence-electron chi connectivity index (χ2n) is 6.85. The molecule has 0 bridgehead atoms. The van der Waals surface area contributed by atoms with Gasteiger partial charge in [-0.25, -0.2) is 8.42 Å². The minimum absolute atomic E-state index is 0.0161. The van der Waals surface area contributed by atoms with Crippen molar-refractivity contribution in [3.8, 4) is 5.75 Å². The van der Waals surface area contributed by atoms with Crippen LogP contribution in [0.4, 0.5) is 5.69 Å². The van der Waals surface area contributed by atoms with Crippen LogP contribution in [0.3, 0.4) is 0 Å². The first-order chi connectivity index (χ1) is 12.7. The molecule has 1 aromatic carbocycles. The van der Waals surface area contributed by atoms with Crippen LogP contribution in [0.2, 0.25) is 0 Å². The van der Waals surface area contributed by atoms with Crippen molar-refractivity contribution in [2.45, 2.75) is 37.2 Å². The summed E-state index contributed by atoms with van der Waals surface area (Å²) >= 11 is 0. The van der Waals surface area contributed by atoms with Gasteiger partial charge in [0.1, 0.15) is 11.2 Å². The molecule has 1 amide bonds. The van der Waals surface area contributed by atoms with Crippen LogP contribution in [0.15, 0.2) is 23.1 Å². The average molecular weight is 398 g/mol. The van der Waals surface area contributed by atoms with Gasteiger partial charge in [0.25, 0.3) is 5.91 Å². The number of fused-ring (bicyclic) bond motifs is 1. The Morgan fingerprint density at radius 2 is 2.19 bits per heavy atom. The van der Waals surface area contributed by atoms with Crippen LogP contribution in [-0.2, 0) is 19.6 Å². The second-order valence-corrected chi connectivity index (χ2v) is 8.79. The normalized spacial score (nSPS) is 26.0. The standard InChI is InChI=1S/C17H22N2O7S/c1-2-6-17(16(22)23)10-19(7-5-14(17)20)27(24,25)11-3-4-13-12(8-11)18-15(21)9-26-13/h3-4,8,14,20H,2,5-7,9-10H2,1H3,(H,18,21)(H,22,23)/t14-,17-/m0/s1. The number of sulfonamides is 1. The van der Waals surface area contributed by atoms with E-state index in [1.165, 1.54) is 18.2 Å². The number of rotatable bonds is 5. The number of ether oxygens (including phenoxy) is 1. The maximum atomic E-state index is 13.1. The SMILES string of the molecule is CCC[C@]1(C(=O)O)CN(S(=O)(=O)c2ccc3c(c2)NC(=O)CO3)CC[C@@H]1O. The van der Waals surface area contributed by atoms with Gasteiger partial charge in [0, 0.05) is 13.1 Å². The molecule has 2 atom stereocenters. The third-order valence-corrected chi connectivity index (χ3v) is 6.93. The summed E-state index contributed by atoms with van der Waals surface area (Å²) in [5, 5.41) is 22.5. The molecule has 148 valence electrons. The van der Waals surface area contributed by atoms with Gasteiger partial charge in [0.05, 0.1) is 16.7 Å². The van der Waals surface area contributed by atoms with E-state index in [9.17, 15) is 28.2 Å². The molecule has 1 fully saturated rings. The highest BCUT2D eigenvalue weighted by atomic mass is 32.2. The van der Waals surface area contributed by atoms with Crippen LogP contribution < -0.4 is 10.1 Å². The Morgan fingerprint density at radius 3 is 2.85 bits per heavy atom. The zero-order valence-electron chi connectivity index (χ0n) is 14.8. The van der Waals surface area contributed by atoms with Gasteiger partial charge in [-0.2, -0.15) is 4.31 Å². The number of carbonyl (C=O) groups excluding carboxylic acids is 1. The molecule has 27 heavy (non-hydrogen) atoms. The van der Waals surface area contributed by atoms with E-state index in [2.05, 4.69) is 5.32 Å². The first-order valence-corrected chi connectivity index (χ1v) is 10.1. The number of aliphatic carboxylic acids is 1. The van der Waals surface area contributed by atoms with Crippen molar-refractivity contribution in [3.63, 3.8) is 0 Å². The summed E-state index contributed by atoms with van der Waals surface area (Å²) in [6, 6.07) is 4.12. The molecule has 1 saturated heterocycles. The molecular weight excluding hydrogens is 376 g/mol. The fourth-order valence-corrected chi connectivity index (χ4v) is 5.18. The lowest BCUT2D eigenvalue weighted by molar-refractivity contribution is -0.161. The molecule has 9 nitrogen and oxygen atoms in total. The van der Waals surface area contributed by atoms with Crippen molar-refractivity contribution in [1.29, 1.82) is 0 Å². The number of nitrogens with zero attached hydrogens (tertiary/aromatic N) is 1. The number of carboxylic acids is 1. The summed E-state index contributed by atoms with van der Waals surface area (Å²) in [5.41, 5.74) is -1.28. The van der Waals surface area contributed by atoms with Gasteiger partial charge in [-0.3, -0.25) is 9.59 Å². The van der Waals surface area contributed by atoms with Gasteiger partial charge in [0.15, 0.2) is 6.61 Å². The number of amides is 1. The highest BCUT2D eigenvalue weighted by Crippen LogP contribution is 2.38. The Bertz CT molecular complexity index is 870. The van der Waals surface area contributed by atoms with Crippen LogP contribution in [-0.4, -0.2) is 60.6 Å². The number of carbonyl (C=O) groups is 2. The van der Waals surface area contributed by atoms with Crippen LogP contribution in [0, 0.1) is 5.41 Å². The van der Waals surface area contributed by atoms with Crippen molar-refractivity contribution in [2.75, 3.05) is 25.0 Å². The van der Waals surface area contributed by atoms with Crippen molar-refractivity contribution >= 4 is 27.6 Å². The van der Waals surface area contributed by atoms with Gasteiger partial charge in [-0.05, 0) is 31.0 Å². The minimum Gasteiger partial charge on any atom is -0.482 e. The molecule has 3 rings (SSSR count). The Hall–Kier alpha value is -2.17. The van der Waals surface area contributed by atoms with Crippen LogP contribution in [0.1, 0.15) is 26.2 Å². The zero-order valence-corrected chi connectivity index (χ0v) is 15.7. The molecule has 0 saturated carbocycles. The number of carboxylic acid groups (broad SMARTS) is 1. The third-order valence-electron chi connectivity index (χ3n) is 5.09. The maximum absolute atomic E-state index is 13.1. The predicted octanol–water partition coefficient (Wildman–Crippen LogP) is 0.644. The lowest BCUT2D eigenvalue weighted by atomic mass is 9.74. The van der Waals surface area contributed by atoms with E-state index >= 15 is 0 Å². The fourth-order valence-electron chi connectivity index (χ4n) is 3.63. The lowest BCUT2D eigenvalue weighted by Crippen LogP contribution is -2.57. The monoisotopic (exact) mass is 398 g/mol. The van der Waals surface area contributed by atoms with Gasteiger partial charge in [0.2, 0.25) is 10.0 Å². The predicted molar refractivity (Wildman–Crippen MR) is 94.9 cm³/mol. The summed E-state index contributed by atoms with van der Waals surface area (Å²) in [7, 11) is -4.01. The summed E-state index contributed by atoms with van der Waals surface area (Å²) < 4.78 is 32.5. The van der Waals surface area contributed by atoms with Gasteiger partial charge >= 0.3 is 5.97 Å². The number of piperidine rings is 1. The average Bonchev–Trinajstić information content (AvgIpc) is 2.62. The number of nitrogens with one attached hydrogen (secondary N) is 1. The summed E-state index contributed by atoms with van der Waals surface area (Å²) in [6.45, 7) is 1.36.